The molecule has 1 heterocycles. The molecule has 0 saturated carbocycles. The van der Waals surface area contributed by atoms with E-state index in [1.807, 2.05) is 0 Å². The van der Waals surface area contributed by atoms with Gasteiger partial charge in [0.05, 0.1) is 6.10 Å². The lowest BCUT2D eigenvalue weighted by Gasteiger charge is -2.23. The molecule has 0 aromatic carbocycles. The van der Waals surface area contributed by atoms with Crippen LogP contribution in [-0.2, 0) is 4.74 Å². The summed E-state index contributed by atoms with van der Waals surface area (Å²) in [6.07, 6.45) is 2.63. The van der Waals surface area contributed by atoms with Gasteiger partial charge in [0.15, 0.2) is 0 Å². The maximum absolute atomic E-state index is 5.59. The van der Waals surface area contributed by atoms with Crippen LogP contribution < -0.4 is 5.73 Å². The van der Waals surface area contributed by atoms with Crippen LogP contribution in [0.4, 0.5) is 0 Å². The lowest BCUT2D eigenvalue weighted by atomic mass is 10.1. The molecule has 3 heteroatoms. The highest BCUT2D eigenvalue weighted by Crippen LogP contribution is 2.22. The molecule has 84 valence electrons. The van der Waals surface area contributed by atoms with Crippen molar-refractivity contribution >= 4 is 0 Å². The van der Waals surface area contributed by atoms with E-state index in [0.717, 1.165) is 24.9 Å². The van der Waals surface area contributed by atoms with Crippen molar-refractivity contribution in [3.05, 3.63) is 0 Å². The fourth-order valence-corrected chi connectivity index (χ4v) is 2.34. The maximum atomic E-state index is 5.59. The Labute approximate surface area is 87.6 Å². The third-order valence-corrected chi connectivity index (χ3v) is 3.25. The molecular formula is C11H24N2O. The average molecular weight is 200 g/mol. The minimum Gasteiger partial charge on any atom is -0.380 e. The van der Waals surface area contributed by atoms with Crippen molar-refractivity contribution in [3.63, 3.8) is 0 Å². The fraction of sp³-hybridized carbons (Fsp3) is 1.00. The van der Waals surface area contributed by atoms with Crippen molar-refractivity contribution in [2.45, 2.75) is 38.8 Å². The molecule has 1 aliphatic heterocycles. The van der Waals surface area contributed by atoms with Gasteiger partial charge in [0.2, 0.25) is 0 Å². The third-order valence-electron chi connectivity index (χ3n) is 3.25. The summed E-state index contributed by atoms with van der Waals surface area (Å²) in [4.78, 5) is 2.55. The maximum Gasteiger partial charge on any atom is 0.0705 e. The van der Waals surface area contributed by atoms with E-state index in [1.54, 1.807) is 7.11 Å². The standard InChI is InChI=1S/C11H24N2O/c1-9-6-10(2)13(8-9)5-4-11(7-12)14-3/h9-11H,4-8,12H2,1-3H3. The molecule has 0 radical (unpaired) electrons. The highest BCUT2D eigenvalue weighted by atomic mass is 16.5. The topological polar surface area (TPSA) is 38.5 Å². The molecular weight excluding hydrogens is 176 g/mol. The molecule has 0 bridgehead atoms. The van der Waals surface area contributed by atoms with E-state index >= 15 is 0 Å². The number of rotatable bonds is 5. The first-order chi connectivity index (χ1) is 6.67. The van der Waals surface area contributed by atoms with Gasteiger partial charge in [-0.05, 0) is 25.7 Å². The van der Waals surface area contributed by atoms with Crippen LogP contribution in [-0.4, -0.2) is 43.8 Å². The predicted molar refractivity (Wildman–Crippen MR) is 59.3 cm³/mol. The van der Waals surface area contributed by atoms with Gasteiger partial charge < -0.3 is 15.4 Å². The van der Waals surface area contributed by atoms with Gasteiger partial charge in [0, 0.05) is 32.8 Å². The van der Waals surface area contributed by atoms with Crippen LogP contribution in [0.15, 0.2) is 0 Å². The van der Waals surface area contributed by atoms with E-state index in [2.05, 4.69) is 18.7 Å². The number of hydrogen-bond acceptors (Lipinski definition) is 3. The first kappa shape index (κ1) is 12.0. The number of methoxy groups -OCH3 is 1. The normalized spacial score (nSPS) is 30.9. The van der Waals surface area contributed by atoms with Crippen molar-refractivity contribution in [2.24, 2.45) is 11.7 Å². The Kier molecular flexibility index (Phi) is 4.85. The number of nitrogens with two attached hydrogens (primary N) is 1. The Morgan fingerprint density at radius 3 is 2.64 bits per heavy atom. The molecule has 3 nitrogen and oxygen atoms in total. The van der Waals surface area contributed by atoms with Gasteiger partial charge in [0.25, 0.3) is 0 Å². The summed E-state index contributed by atoms with van der Waals surface area (Å²) in [5.74, 6) is 0.851. The van der Waals surface area contributed by atoms with Gasteiger partial charge in [-0.3, -0.25) is 0 Å². The second-order valence-corrected chi connectivity index (χ2v) is 4.57. The summed E-state index contributed by atoms with van der Waals surface area (Å²) in [5, 5.41) is 0. The second kappa shape index (κ2) is 5.69. The van der Waals surface area contributed by atoms with Gasteiger partial charge in [-0.2, -0.15) is 0 Å². The van der Waals surface area contributed by atoms with E-state index in [9.17, 15) is 0 Å². The van der Waals surface area contributed by atoms with Crippen molar-refractivity contribution < 1.29 is 4.74 Å². The molecule has 1 aliphatic rings. The Bertz CT molecular complexity index is 159. The van der Waals surface area contributed by atoms with Crippen LogP contribution >= 0.6 is 0 Å². The zero-order valence-electron chi connectivity index (χ0n) is 9.70. The molecule has 14 heavy (non-hydrogen) atoms. The third kappa shape index (κ3) is 3.23. The number of likely N-dealkylation sites (tertiary alicyclic amines) is 1. The van der Waals surface area contributed by atoms with Crippen LogP contribution in [0.2, 0.25) is 0 Å². The van der Waals surface area contributed by atoms with E-state index in [4.69, 9.17) is 10.5 Å². The SMILES string of the molecule is COC(CN)CCN1CC(C)CC1C. The lowest BCUT2D eigenvalue weighted by molar-refractivity contribution is 0.0882. The van der Waals surface area contributed by atoms with Crippen molar-refractivity contribution in [3.8, 4) is 0 Å². The Balaban J connectivity index is 2.23. The van der Waals surface area contributed by atoms with E-state index < -0.39 is 0 Å². The quantitative estimate of drug-likeness (QED) is 0.722. The second-order valence-electron chi connectivity index (χ2n) is 4.57. The molecule has 1 fully saturated rings. The van der Waals surface area contributed by atoms with Crippen molar-refractivity contribution in [1.29, 1.82) is 0 Å². The van der Waals surface area contributed by atoms with Gasteiger partial charge in [-0.25, -0.2) is 0 Å². The van der Waals surface area contributed by atoms with Crippen LogP contribution in [0, 0.1) is 5.92 Å². The van der Waals surface area contributed by atoms with Crippen LogP contribution in [0.1, 0.15) is 26.7 Å². The Morgan fingerprint density at radius 2 is 2.21 bits per heavy atom. The summed E-state index contributed by atoms with van der Waals surface area (Å²) in [6, 6.07) is 0.736. The van der Waals surface area contributed by atoms with E-state index in [-0.39, 0.29) is 6.10 Å². The van der Waals surface area contributed by atoms with Gasteiger partial charge >= 0.3 is 0 Å². The largest absolute Gasteiger partial charge is 0.380 e. The molecule has 3 unspecified atom stereocenters. The molecule has 0 amide bonds. The van der Waals surface area contributed by atoms with E-state index in [1.165, 1.54) is 13.0 Å². The van der Waals surface area contributed by atoms with E-state index in [0.29, 0.717) is 6.54 Å². The Hall–Kier alpha value is -0.120. The first-order valence-corrected chi connectivity index (χ1v) is 5.64. The van der Waals surface area contributed by atoms with Crippen molar-refractivity contribution in [1.82, 2.24) is 4.90 Å². The highest BCUT2D eigenvalue weighted by molar-refractivity contribution is 4.80. The summed E-state index contributed by atoms with van der Waals surface area (Å²) < 4.78 is 5.27. The molecule has 3 atom stereocenters. The molecule has 0 aromatic rings. The first-order valence-electron chi connectivity index (χ1n) is 5.64. The van der Waals surface area contributed by atoms with Gasteiger partial charge in [0.1, 0.15) is 0 Å². The Morgan fingerprint density at radius 1 is 1.50 bits per heavy atom. The molecule has 2 N–H and O–H groups in total. The highest BCUT2D eigenvalue weighted by Gasteiger charge is 2.25. The molecule has 1 rings (SSSR count). The van der Waals surface area contributed by atoms with Crippen LogP contribution in [0.25, 0.3) is 0 Å². The predicted octanol–water partition coefficient (Wildman–Crippen LogP) is 1.08. The zero-order chi connectivity index (χ0) is 10.6. The minimum atomic E-state index is 0.234. The molecule has 0 spiro atoms. The average Bonchev–Trinajstić information content (AvgIpc) is 2.47. The monoisotopic (exact) mass is 200 g/mol. The lowest BCUT2D eigenvalue weighted by Crippen LogP contribution is -2.33. The summed E-state index contributed by atoms with van der Waals surface area (Å²) >= 11 is 0. The van der Waals surface area contributed by atoms with Crippen LogP contribution in [0.5, 0.6) is 0 Å². The summed E-state index contributed by atoms with van der Waals surface area (Å²) in [6.45, 7) is 7.64. The molecule has 1 saturated heterocycles. The van der Waals surface area contributed by atoms with Gasteiger partial charge in [-0.1, -0.05) is 6.92 Å². The van der Waals surface area contributed by atoms with Crippen molar-refractivity contribution in [2.75, 3.05) is 26.7 Å². The summed E-state index contributed by atoms with van der Waals surface area (Å²) in [7, 11) is 1.74. The van der Waals surface area contributed by atoms with Crippen LogP contribution in [0.3, 0.4) is 0 Å². The zero-order valence-corrected chi connectivity index (χ0v) is 9.70. The fourth-order valence-electron chi connectivity index (χ4n) is 2.34. The molecule has 0 aliphatic carbocycles. The number of nitrogens with zero attached hydrogens (tertiary/aromatic N) is 1. The smallest absolute Gasteiger partial charge is 0.0705 e. The minimum absolute atomic E-state index is 0.234. The van der Waals surface area contributed by atoms with Gasteiger partial charge in [-0.15, -0.1) is 0 Å². The summed E-state index contributed by atoms with van der Waals surface area (Å²) in [5.41, 5.74) is 5.59. The number of hydrogen-bond donors (Lipinski definition) is 1. The number of ether oxygens (including phenoxy) is 1. The molecule has 0 aromatic heterocycles.